The molecule has 0 radical (unpaired) electrons. The van der Waals surface area contributed by atoms with Crippen LogP contribution in [0.4, 0.5) is 11.5 Å². The normalized spacial score (nSPS) is 11.1. The van der Waals surface area contributed by atoms with Crippen molar-refractivity contribution in [2.75, 3.05) is 19.0 Å². The number of nitrogens with zero attached hydrogens (tertiary/aromatic N) is 3. The van der Waals surface area contributed by atoms with Crippen LogP contribution >= 0.6 is 11.3 Å². The molecule has 1 N–H and O–H groups in total. The lowest BCUT2D eigenvalue weighted by Gasteiger charge is -2.18. The summed E-state index contributed by atoms with van der Waals surface area (Å²) in [5.74, 6) is 1.01. The molecule has 1 aromatic carbocycles. The molecule has 0 aliphatic rings. The highest BCUT2D eigenvalue weighted by Crippen LogP contribution is 2.28. The Labute approximate surface area is 116 Å². The van der Waals surface area contributed by atoms with Crippen molar-refractivity contribution in [3.8, 4) is 0 Å². The molecule has 0 saturated carbocycles. The first-order valence-corrected chi connectivity index (χ1v) is 7.07. The molecule has 0 spiro atoms. The molecule has 0 amide bonds. The van der Waals surface area contributed by atoms with Gasteiger partial charge in [0, 0.05) is 30.9 Å². The minimum absolute atomic E-state index is 0.796. The van der Waals surface area contributed by atoms with Crippen molar-refractivity contribution in [1.82, 2.24) is 14.7 Å². The quantitative estimate of drug-likeness (QED) is 0.792. The van der Waals surface area contributed by atoms with Gasteiger partial charge >= 0.3 is 0 Å². The number of thiazole rings is 1. The Balaban J connectivity index is 2.08. The van der Waals surface area contributed by atoms with E-state index in [0.717, 1.165) is 23.0 Å². The zero-order valence-corrected chi connectivity index (χ0v) is 11.8. The Kier molecular flexibility index (Phi) is 3.23. The van der Waals surface area contributed by atoms with E-state index in [-0.39, 0.29) is 0 Å². The third-order valence-corrected chi connectivity index (χ3v) is 3.90. The topological polar surface area (TPSA) is 32.6 Å². The van der Waals surface area contributed by atoms with Crippen molar-refractivity contribution in [3.63, 3.8) is 0 Å². The highest BCUT2D eigenvalue weighted by molar-refractivity contribution is 7.15. The maximum atomic E-state index is 4.73. The van der Waals surface area contributed by atoms with Crippen LogP contribution in [0.15, 0.2) is 41.9 Å². The van der Waals surface area contributed by atoms with Crippen molar-refractivity contribution in [3.05, 3.63) is 47.6 Å². The van der Waals surface area contributed by atoms with Crippen LogP contribution in [0.1, 0.15) is 5.69 Å². The molecule has 0 unspecified atom stereocenters. The van der Waals surface area contributed by atoms with Gasteiger partial charge < -0.3 is 10.2 Å². The van der Waals surface area contributed by atoms with Gasteiger partial charge in [-0.15, -0.1) is 11.3 Å². The summed E-state index contributed by atoms with van der Waals surface area (Å²) in [4.78, 5) is 7.90. The molecule has 0 aliphatic heterocycles. The second kappa shape index (κ2) is 5.03. The Bertz CT molecular complexity index is 671. The number of hydrogen-bond acceptors (Lipinski definition) is 4. The van der Waals surface area contributed by atoms with Crippen LogP contribution in [0.25, 0.3) is 4.96 Å². The number of para-hydroxylation sites is 1. The van der Waals surface area contributed by atoms with Gasteiger partial charge in [-0.25, -0.2) is 4.98 Å². The maximum absolute atomic E-state index is 4.73. The van der Waals surface area contributed by atoms with Gasteiger partial charge in [0.25, 0.3) is 0 Å². The molecule has 0 bridgehead atoms. The van der Waals surface area contributed by atoms with Crippen LogP contribution < -0.4 is 10.2 Å². The summed E-state index contributed by atoms with van der Waals surface area (Å²) >= 11 is 1.66. The minimum Gasteiger partial charge on any atom is -0.328 e. The Hall–Kier alpha value is -1.85. The fraction of sp³-hybridized carbons (Fsp3) is 0.214. The fourth-order valence-electron chi connectivity index (χ4n) is 2.20. The van der Waals surface area contributed by atoms with Gasteiger partial charge in [-0.3, -0.25) is 4.40 Å². The van der Waals surface area contributed by atoms with Gasteiger partial charge in [-0.05, 0) is 19.2 Å². The van der Waals surface area contributed by atoms with E-state index in [4.69, 9.17) is 4.98 Å². The molecule has 0 aliphatic carbocycles. The van der Waals surface area contributed by atoms with E-state index in [1.165, 1.54) is 5.69 Å². The number of rotatable bonds is 4. The standard InChI is InChI=1S/C14H16N4S/c1-15-10-12-13(16-14-18(12)8-9-19-14)17(2)11-6-4-3-5-7-11/h3-9,15H,10H2,1-2H3. The summed E-state index contributed by atoms with van der Waals surface area (Å²) in [6.45, 7) is 0.796. The SMILES string of the molecule is CNCc1c(N(C)c2ccccc2)nc2sccn12. The van der Waals surface area contributed by atoms with Gasteiger partial charge in [-0.1, -0.05) is 18.2 Å². The average Bonchev–Trinajstić information content (AvgIpc) is 3.02. The maximum Gasteiger partial charge on any atom is 0.195 e. The first-order chi connectivity index (χ1) is 9.31. The summed E-state index contributed by atoms with van der Waals surface area (Å²) < 4.78 is 2.15. The van der Waals surface area contributed by atoms with Crippen LogP contribution in [0.2, 0.25) is 0 Å². The third-order valence-electron chi connectivity index (χ3n) is 3.15. The number of nitrogens with one attached hydrogen (secondary N) is 1. The third kappa shape index (κ3) is 2.11. The highest BCUT2D eigenvalue weighted by atomic mass is 32.1. The zero-order chi connectivity index (χ0) is 13.2. The molecule has 5 heteroatoms. The summed E-state index contributed by atoms with van der Waals surface area (Å²) in [6, 6.07) is 10.3. The van der Waals surface area contributed by atoms with Crippen LogP contribution in [-0.4, -0.2) is 23.5 Å². The lowest BCUT2D eigenvalue weighted by Crippen LogP contribution is -2.15. The Morgan fingerprint density at radius 2 is 2.11 bits per heavy atom. The first-order valence-electron chi connectivity index (χ1n) is 6.19. The monoisotopic (exact) mass is 272 g/mol. The molecule has 98 valence electrons. The average molecular weight is 272 g/mol. The second-order valence-electron chi connectivity index (χ2n) is 4.36. The van der Waals surface area contributed by atoms with Crippen molar-refractivity contribution < 1.29 is 0 Å². The summed E-state index contributed by atoms with van der Waals surface area (Å²) in [6.07, 6.45) is 2.07. The number of anilines is 2. The van der Waals surface area contributed by atoms with E-state index in [1.54, 1.807) is 11.3 Å². The fourth-order valence-corrected chi connectivity index (χ4v) is 2.92. The van der Waals surface area contributed by atoms with Crippen molar-refractivity contribution >= 4 is 27.8 Å². The molecule has 2 aromatic heterocycles. The van der Waals surface area contributed by atoms with Crippen molar-refractivity contribution in [2.24, 2.45) is 0 Å². The van der Waals surface area contributed by atoms with Crippen LogP contribution in [0, 0.1) is 0 Å². The zero-order valence-electron chi connectivity index (χ0n) is 11.0. The van der Waals surface area contributed by atoms with Gasteiger partial charge in [0.15, 0.2) is 10.8 Å². The van der Waals surface area contributed by atoms with Gasteiger partial charge in [-0.2, -0.15) is 0 Å². The lowest BCUT2D eigenvalue weighted by molar-refractivity contribution is 0.782. The number of hydrogen-bond donors (Lipinski definition) is 1. The predicted octanol–water partition coefficient (Wildman–Crippen LogP) is 2.88. The van der Waals surface area contributed by atoms with E-state index in [9.17, 15) is 0 Å². The molecular weight excluding hydrogens is 256 g/mol. The minimum atomic E-state index is 0.796. The number of aromatic nitrogens is 2. The van der Waals surface area contributed by atoms with Crippen LogP contribution in [0.5, 0.6) is 0 Å². The molecule has 4 nitrogen and oxygen atoms in total. The summed E-state index contributed by atoms with van der Waals surface area (Å²) in [7, 11) is 4.01. The molecule has 0 atom stereocenters. The van der Waals surface area contributed by atoms with Gasteiger partial charge in [0.2, 0.25) is 0 Å². The lowest BCUT2D eigenvalue weighted by atomic mass is 10.3. The van der Waals surface area contributed by atoms with Crippen LogP contribution in [-0.2, 0) is 6.54 Å². The Morgan fingerprint density at radius 3 is 2.84 bits per heavy atom. The highest BCUT2D eigenvalue weighted by Gasteiger charge is 2.16. The molecule has 19 heavy (non-hydrogen) atoms. The molecule has 0 fully saturated rings. The van der Waals surface area contributed by atoms with E-state index in [2.05, 4.69) is 45.4 Å². The molecule has 2 heterocycles. The van der Waals surface area contributed by atoms with Gasteiger partial charge in [0.1, 0.15) is 0 Å². The van der Waals surface area contributed by atoms with E-state index in [1.807, 2.05) is 25.2 Å². The van der Waals surface area contributed by atoms with Crippen LogP contribution in [0.3, 0.4) is 0 Å². The first kappa shape index (κ1) is 12.2. The van der Waals surface area contributed by atoms with E-state index >= 15 is 0 Å². The van der Waals surface area contributed by atoms with Gasteiger partial charge in [0.05, 0.1) is 5.69 Å². The number of fused-ring (bicyclic) bond motifs is 1. The molecule has 3 aromatic rings. The van der Waals surface area contributed by atoms with E-state index in [0.29, 0.717) is 0 Å². The molecule has 0 saturated heterocycles. The largest absolute Gasteiger partial charge is 0.328 e. The van der Waals surface area contributed by atoms with Crippen molar-refractivity contribution in [1.29, 1.82) is 0 Å². The predicted molar refractivity (Wildman–Crippen MR) is 80.3 cm³/mol. The van der Waals surface area contributed by atoms with E-state index < -0.39 is 0 Å². The molecular formula is C14H16N4S. The number of imidazole rings is 1. The Morgan fingerprint density at radius 1 is 1.32 bits per heavy atom. The smallest absolute Gasteiger partial charge is 0.195 e. The number of benzene rings is 1. The molecule has 3 rings (SSSR count). The second-order valence-corrected chi connectivity index (χ2v) is 5.24. The summed E-state index contributed by atoms with van der Waals surface area (Å²) in [5, 5.41) is 5.28. The van der Waals surface area contributed by atoms with Crippen molar-refractivity contribution in [2.45, 2.75) is 6.54 Å². The summed E-state index contributed by atoms with van der Waals surface area (Å²) in [5.41, 5.74) is 2.33.